The lowest BCUT2D eigenvalue weighted by Crippen LogP contribution is -2.41. The molecule has 2 fully saturated rings. The van der Waals surface area contributed by atoms with Gasteiger partial charge in [-0.1, -0.05) is 18.2 Å². The Labute approximate surface area is 186 Å². The van der Waals surface area contributed by atoms with Crippen molar-refractivity contribution in [2.24, 2.45) is 0 Å². The minimum atomic E-state index is -0.158. The largest absolute Gasteiger partial charge is 0.379 e. The summed E-state index contributed by atoms with van der Waals surface area (Å²) >= 11 is 0. The van der Waals surface area contributed by atoms with Crippen LogP contribution < -0.4 is 10.6 Å². The van der Waals surface area contributed by atoms with E-state index in [4.69, 9.17) is 9.72 Å². The molecule has 32 heavy (non-hydrogen) atoms. The fourth-order valence-electron chi connectivity index (χ4n) is 3.97. The summed E-state index contributed by atoms with van der Waals surface area (Å²) in [5, 5.41) is 6.74. The van der Waals surface area contributed by atoms with Crippen molar-refractivity contribution in [2.45, 2.75) is 18.8 Å². The van der Waals surface area contributed by atoms with Crippen molar-refractivity contribution in [1.29, 1.82) is 0 Å². The molecular formula is C25H26N4O3. The van der Waals surface area contributed by atoms with E-state index in [1.165, 1.54) is 0 Å². The van der Waals surface area contributed by atoms with E-state index in [1.54, 1.807) is 24.3 Å². The Morgan fingerprint density at radius 3 is 2.38 bits per heavy atom. The number of anilines is 2. The van der Waals surface area contributed by atoms with Gasteiger partial charge in [0.2, 0.25) is 5.91 Å². The lowest BCUT2D eigenvalue weighted by molar-refractivity contribution is -0.118. The van der Waals surface area contributed by atoms with Crippen LogP contribution in [0.25, 0.3) is 10.9 Å². The number of nitrogens with one attached hydrogen (secondary N) is 2. The van der Waals surface area contributed by atoms with Crippen molar-refractivity contribution >= 4 is 34.1 Å². The maximum Gasteiger partial charge on any atom is 0.256 e. The van der Waals surface area contributed by atoms with E-state index in [2.05, 4.69) is 15.5 Å². The second-order valence-electron chi connectivity index (χ2n) is 8.35. The Kier molecular flexibility index (Phi) is 5.83. The van der Waals surface area contributed by atoms with Crippen molar-refractivity contribution < 1.29 is 14.3 Å². The third-order valence-corrected chi connectivity index (χ3v) is 5.87. The smallest absolute Gasteiger partial charge is 0.256 e. The van der Waals surface area contributed by atoms with Crippen LogP contribution in [0.3, 0.4) is 0 Å². The SMILES string of the molecule is O=C(CN1CCOCC1)Nc1ccc(NC(=O)c2cc(C3CC3)nc3ccccc23)cc1. The summed E-state index contributed by atoms with van der Waals surface area (Å²) < 4.78 is 5.31. The first-order valence-corrected chi connectivity index (χ1v) is 11.1. The summed E-state index contributed by atoms with van der Waals surface area (Å²) in [4.78, 5) is 32.2. The molecule has 2 aromatic carbocycles. The van der Waals surface area contributed by atoms with Crippen molar-refractivity contribution in [1.82, 2.24) is 9.88 Å². The molecular weight excluding hydrogens is 404 g/mol. The molecule has 5 rings (SSSR count). The lowest BCUT2D eigenvalue weighted by Gasteiger charge is -2.25. The number of para-hydroxylation sites is 1. The Hall–Kier alpha value is -3.29. The molecule has 0 spiro atoms. The molecule has 7 nitrogen and oxygen atoms in total. The van der Waals surface area contributed by atoms with E-state index in [9.17, 15) is 9.59 Å². The lowest BCUT2D eigenvalue weighted by atomic mass is 10.1. The Balaban J connectivity index is 1.25. The number of carbonyl (C=O) groups excluding carboxylic acids is 2. The van der Waals surface area contributed by atoms with Gasteiger partial charge >= 0.3 is 0 Å². The average molecular weight is 431 g/mol. The molecule has 3 aromatic rings. The third kappa shape index (κ3) is 4.79. The summed E-state index contributed by atoms with van der Waals surface area (Å²) in [5.41, 5.74) is 3.86. The van der Waals surface area contributed by atoms with Crippen LogP contribution in [0, 0.1) is 0 Å². The normalized spacial score (nSPS) is 16.6. The first kappa shape index (κ1) is 20.6. The van der Waals surface area contributed by atoms with Gasteiger partial charge in [0, 0.05) is 41.5 Å². The highest BCUT2D eigenvalue weighted by molar-refractivity contribution is 6.12. The zero-order valence-corrected chi connectivity index (χ0v) is 17.8. The highest BCUT2D eigenvalue weighted by Gasteiger charge is 2.27. The molecule has 0 unspecified atom stereocenters. The summed E-state index contributed by atoms with van der Waals surface area (Å²) in [7, 11) is 0. The molecule has 1 aromatic heterocycles. The van der Waals surface area contributed by atoms with Crippen molar-refractivity contribution in [3.8, 4) is 0 Å². The molecule has 164 valence electrons. The number of morpholine rings is 1. The summed E-state index contributed by atoms with van der Waals surface area (Å²) in [5.74, 6) is 0.251. The molecule has 0 radical (unpaired) electrons. The van der Waals surface area contributed by atoms with Crippen LogP contribution in [0.5, 0.6) is 0 Å². The third-order valence-electron chi connectivity index (χ3n) is 5.87. The summed E-state index contributed by atoms with van der Waals surface area (Å²) in [6.07, 6.45) is 2.26. The molecule has 2 heterocycles. The van der Waals surface area contributed by atoms with Gasteiger partial charge in [0.15, 0.2) is 0 Å². The molecule has 1 aliphatic carbocycles. The number of benzene rings is 2. The zero-order chi connectivity index (χ0) is 21.9. The van der Waals surface area contributed by atoms with Gasteiger partial charge < -0.3 is 15.4 Å². The van der Waals surface area contributed by atoms with Crippen LogP contribution in [0.4, 0.5) is 11.4 Å². The van der Waals surface area contributed by atoms with Gasteiger partial charge in [0.05, 0.1) is 30.8 Å². The number of hydrogen-bond donors (Lipinski definition) is 2. The summed E-state index contributed by atoms with van der Waals surface area (Å²) in [6.45, 7) is 3.21. The van der Waals surface area contributed by atoms with Crippen LogP contribution in [-0.2, 0) is 9.53 Å². The van der Waals surface area contributed by atoms with Gasteiger partial charge in [0.25, 0.3) is 5.91 Å². The number of fused-ring (bicyclic) bond motifs is 1. The molecule has 0 atom stereocenters. The Morgan fingerprint density at radius 2 is 1.66 bits per heavy atom. The number of amides is 2. The number of hydrogen-bond acceptors (Lipinski definition) is 5. The maximum atomic E-state index is 13.1. The molecule has 0 bridgehead atoms. The summed E-state index contributed by atoms with van der Waals surface area (Å²) in [6, 6.07) is 16.9. The first-order chi connectivity index (χ1) is 15.7. The average Bonchev–Trinajstić information content (AvgIpc) is 3.66. The number of carbonyl (C=O) groups is 2. The van der Waals surface area contributed by atoms with Crippen LogP contribution in [0.1, 0.15) is 34.8 Å². The fraction of sp³-hybridized carbons (Fsp3) is 0.320. The van der Waals surface area contributed by atoms with E-state index >= 15 is 0 Å². The Morgan fingerprint density at radius 1 is 0.969 bits per heavy atom. The van der Waals surface area contributed by atoms with Gasteiger partial charge in [-0.2, -0.15) is 0 Å². The van der Waals surface area contributed by atoms with Gasteiger partial charge in [0.1, 0.15) is 0 Å². The van der Waals surface area contributed by atoms with E-state index in [0.717, 1.165) is 42.5 Å². The predicted octanol–water partition coefficient (Wildman–Crippen LogP) is 3.64. The zero-order valence-electron chi connectivity index (χ0n) is 17.8. The fourth-order valence-corrected chi connectivity index (χ4v) is 3.97. The van der Waals surface area contributed by atoms with Crippen molar-refractivity contribution in [3.05, 3.63) is 65.9 Å². The van der Waals surface area contributed by atoms with Gasteiger partial charge in [-0.15, -0.1) is 0 Å². The molecule has 1 saturated carbocycles. The molecule has 2 aliphatic rings. The van der Waals surface area contributed by atoms with E-state index in [1.807, 2.05) is 30.3 Å². The van der Waals surface area contributed by atoms with Crippen LogP contribution in [-0.4, -0.2) is 54.5 Å². The standard InChI is InChI=1S/C25H26N4O3/c30-24(16-29-11-13-32-14-12-29)26-18-7-9-19(10-8-18)27-25(31)21-15-23(17-5-6-17)28-22-4-2-1-3-20(21)22/h1-4,7-10,15,17H,5-6,11-14,16H2,(H,26,30)(H,27,31). The molecule has 2 N–H and O–H groups in total. The minimum Gasteiger partial charge on any atom is -0.379 e. The number of aromatic nitrogens is 1. The second kappa shape index (κ2) is 9.06. The molecule has 7 heteroatoms. The molecule has 2 amide bonds. The van der Waals surface area contributed by atoms with Crippen LogP contribution >= 0.6 is 0 Å². The highest BCUT2D eigenvalue weighted by Crippen LogP contribution is 2.40. The van der Waals surface area contributed by atoms with E-state index in [-0.39, 0.29) is 11.8 Å². The quantitative estimate of drug-likeness (QED) is 0.624. The number of ether oxygens (including phenoxy) is 1. The van der Waals surface area contributed by atoms with Gasteiger partial charge in [-0.05, 0) is 49.2 Å². The monoisotopic (exact) mass is 430 g/mol. The maximum absolute atomic E-state index is 13.1. The van der Waals surface area contributed by atoms with Gasteiger partial charge in [-0.3, -0.25) is 19.5 Å². The highest BCUT2D eigenvalue weighted by atomic mass is 16.5. The predicted molar refractivity (Wildman–Crippen MR) is 124 cm³/mol. The second-order valence-corrected chi connectivity index (χ2v) is 8.35. The van der Waals surface area contributed by atoms with Crippen molar-refractivity contribution in [2.75, 3.05) is 43.5 Å². The minimum absolute atomic E-state index is 0.0560. The topological polar surface area (TPSA) is 83.6 Å². The van der Waals surface area contributed by atoms with E-state index in [0.29, 0.717) is 42.6 Å². The van der Waals surface area contributed by atoms with Crippen LogP contribution in [0.15, 0.2) is 54.6 Å². The van der Waals surface area contributed by atoms with Crippen molar-refractivity contribution in [3.63, 3.8) is 0 Å². The first-order valence-electron chi connectivity index (χ1n) is 11.1. The van der Waals surface area contributed by atoms with Gasteiger partial charge in [-0.25, -0.2) is 0 Å². The molecule has 1 aliphatic heterocycles. The van der Waals surface area contributed by atoms with Crippen LogP contribution in [0.2, 0.25) is 0 Å². The number of rotatable bonds is 6. The Bertz CT molecular complexity index is 1140. The van der Waals surface area contributed by atoms with E-state index < -0.39 is 0 Å². The number of nitrogens with zero attached hydrogens (tertiary/aromatic N) is 2. The molecule has 1 saturated heterocycles. The number of pyridine rings is 1.